The normalized spacial score (nSPS) is 14.1. The van der Waals surface area contributed by atoms with Gasteiger partial charge in [-0.3, -0.25) is 4.79 Å². The summed E-state index contributed by atoms with van der Waals surface area (Å²) in [7, 11) is 0. The second-order valence-corrected chi connectivity index (χ2v) is 8.51. The zero-order valence-electron chi connectivity index (χ0n) is 18.8. The van der Waals surface area contributed by atoms with E-state index in [9.17, 15) is 13.6 Å². The van der Waals surface area contributed by atoms with Gasteiger partial charge in [0.25, 0.3) is 0 Å². The topological polar surface area (TPSA) is 41.4 Å². The van der Waals surface area contributed by atoms with Crippen molar-refractivity contribution in [2.75, 3.05) is 31.1 Å². The average molecular weight is 461 g/mol. The molecule has 5 rings (SSSR count). The summed E-state index contributed by atoms with van der Waals surface area (Å²) >= 11 is 0. The van der Waals surface area contributed by atoms with Gasteiger partial charge >= 0.3 is 0 Å². The monoisotopic (exact) mass is 460 g/mol. The molecule has 1 saturated heterocycles. The molecular weight excluding hydrogens is 434 g/mol. The Morgan fingerprint density at radius 1 is 0.824 bits per heavy atom. The molecule has 1 aliphatic heterocycles. The van der Waals surface area contributed by atoms with E-state index >= 15 is 0 Å². The number of amides is 1. The van der Waals surface area contributed by atoms with Gasteiger partial charge < -0.3 is 14.4 Å². The number of anilines is 1. The van der Waals surface area contributed by atoms with Gasteiger partial charge in [0.1, 0.15) is 17.5 Å². The van der Waals surface area contributed by atoms with E-state index in [4.69, 9.17) is 4.98 Å². The minimum Gasteiger partial charge on any atom is -0.366 e. The highest BCUT2D eigenvalue weighted by atomic mass is 19.1. The minimum absolute atomic E-state index is 0.0582. The Morgan fingerprint density at radius 2 is 1.50 bits per heavy atom. The zero-order chi connectivity index (χ0) is 23.5. The first-order chi connectivity index (χ1) is 16.6. The number of halogens is 2. The highest BCUT2D eigenvalue weighted by Crippen LogP contribution is 2.22. The van der Waals surface area contributed by atoms with Crippen molar-refractivity contribution in [3.63, 3.8) is 0 Å². The highest BCUT2D eigenvalue weighted by Gasteiger charge is 2.23. The molecule has 7 heteroatoms. The summed E-state index contributed by atoms with van der Waals surface area (Å²) in [6.07, 6.45) is 0.682. The Kier molecular flexibility index (Phi) is 6.25. The SMILES string of the molecule is O=C(CCn1c(Cc2ccccc2F)nc2ccccc21)N1CCN(c2ccccc2F)CC1. The number of nitrogens with zero attached hydrogens (tertiary/aromatic N) is 4. The van der Waals surface area contributed by atoms with Gasteiger partial charge in [0, 0.05) is 45.6 Å². The van der Waals surface area contributed by atoms with Crippen molar-refractivity contribution in [1.82, 2.24) is 14.5 Å². The Hall–Kier alpha value is -3.74. The van der Waals surface area contributed by atoms with Gasteiger partial charge in [-0.05, 0) is 35.9 Å². The van der Waals surface area contributed by atoms with E-state index in [-0.39, 0.29) is 17.5 Å². The summed E-state index contributed by atoms with van der Waals surface area (Å²) in [6, 6.07) is 21.2. The Balaban J connectivity index is 1.27. The van der Waals surface area contributed by atoms with E-state index in [1.54, 1.807) is 24.3 Å². The third-order valence-electron chi connectivity index (χ3n) is 6.41. The maximum absolute atomic E-state index is 14.3. The van der Waals surface area contributed by atoms with Crippen molar-refractivity contribution in [2.24, 2.45) is 0 Å². The first-order valence-electron chi connectivity index (χ1n) is 11.5. The fourth-order valence-corrected chi connectivity index (χ4v) is 4.59. The van der Waals surface area contributed by atoms with Gasteiger partial charge in [-0.15, -0.1) is 0 Å². The molecular formula is C27H26F2N4O. The number of carbonyl (C=O) groups excluding carboxylic acids is 1. The molecule has 5 nitrogen and oxygen atoms in total. The van der Waals surface area contributed by atoms with Crippen LogP contribution in [0.3, 0.4) is 0 Å². The number of aromatic nitrogens is 2. The maximum atomic E-state index is 14.3. The van der Waals surface area contributed by atoms with Crippen molar-refractivity contribution in [1.29, 1.82) is 0 Å². The van der Waals surface area contributed by atoms with Crippen LogP contribution >= 0.6 is 0 Å². The predicted octanol–water partition coefficient (Wildman–Crippen LogP) is 4.64. The van der Waals surface area contributed by atoms with Crippen LogP contribution in [0.4, 0.5) is 14.5 Å². The van der Waals surface area contributed by atoms with Gasteiger partial charge in [0.2, 0.25) is 5.91 Å². The summed E-state index contributed by atoms with van der Waals surface area (Å²) in [5.41, 5.74) is 2.93. The fourth-order valence-electron chi connectivity index (χ4n) is 4.59. The molecule has 1 amide bonds. The summed E-state index contributed by atoms with van der Waals surface area (Å²) in [5, 5.41) is 0. The van der Waals surface area contributed by atoms with E-state index in [1.807, 2.05) is 50.8 Å². The molecule has 0 atom stereocenters. The van der Waals surface area contributed by atoms with Gasteiger partial charge in [-0.2, -0.15) is 0 Å². The molecule has 34 heavy (non-hydrogen) atoms. The van der Waals surface area contributed by atoms with Crippen molar-refractivity contribution >= 4 is 22.6 Å². The molecule has 1 aromatic heterocycles. The van der Waals surface area contributed by atoms with E-state index in [0.29, 0.717) is 56.8 Å². The zero-order valence-corrected chi connectivity index (χ0v) is 18.8. The number of imidazole rings is 1. The number of hydrogen-bond acceptors (Lipinski definition) is 3. The van der Waals surface area contributed by atoms with Crippen LogP contribution in [-0.4, -0.2) is 46.5 Å². The van der Waals surface area contributed by atoms with Crippen LogP contribution in [0.2, 0.25) is 0 Å². The predicted molar refractivity (Wildman–Crippen MR) is 129 cm³/mol. The smallest absolute Gasteiger partial charge is 0.224 e. The number of piperazine rings is 1. The number of aryl methyl sites for hydroxylation is 1. The molecule has 0 radical (unpaired) electrons. The van der Waals surface area contributed by atoms with Crippen molar-refractivity contribution < 1.29 is 13.6 Å². The molecule has 0 spiro atoms. The van der Waals surface area contributed by atoms with E-state index in [0.717, 1.165) is 16.9 Å². The molecule has 1 aliphatic rings. The minimum atomic E-state index is -0.259. The Labute approximate surface area is 197 Å². The van der Waals surface area contributed by atoms with Crippen LogP contribution in [0.5, 0.6) is 0 Å². The van der Waals surface area contributed by atoms with Gasteiger partial charge in [0.05, 0.1) is 16.7 Å². The quantitative estimate of drug-likeness (QED) is 0.421. The van der Waals surface area contributed by atoms with Crippen molar-refractivity contribution in [3.05, 3.63) is 95.8 Å². The Bertz CT molecular complexity index is 1310. The molecule has 2 heterocycles. The molecule has 1 fully saturated rings. The van der Waals surface area contributed by atoms with Crippen LogP contribution in [0.1, 0.15) is 17.8 Å². The third kappa shape index (κ3) is 4.51. The van der Waals surface area contributed by atoms with Crippen LogP contribution in [0.15, 0.2) is 72.8 Å². The largest absolute Gasteiger partial charge is 0.366 e. The van der Waals surface area contributed by atoms with E-state index < -0.39 is 0 Å². The highest BCUT2D eigenvalue weighted by molar-refractivity contribution is 5.78. The van der Waals surface area contributed by atoms with Gasteiger partial charge in [0.15, 0.2) is 0 Å². The third-order valence-corrected chi connectivity index (χ3v) is 6.41. The summed E-state index contributed by atoms with van der Waals surface area (Å²) in [6.45, 7) is 2.77. The number of para-hydroxylation sites is 3. The molecule has 3 aromatic carbocycles. The fraction of sp³-hybridized carbons (Fsp3) is 0.259. The van der Waals surface area contributed by atoms with Crippen molar-refractivity contribution in [2.45, 2.75) is 19.4 Å². The van der Waals surface area contributed by atoms with Gasteiger partial charge in [-0.25, -0.2) is 13.8 Å². The Morgan fingerprint density at radius 3 is 2.26 bits per heavy atom. The molecule has 0 N–H and O–H groups in total. The van der Waals surface area contributed by atoms with Crippen LogP contribution < -0.4 is 4.90 Å². The van der Waals surface area contributed by atoms with Crippen LogP contribution in [0, 0.1) is 11.6 Å². The van der Waals surface area contributed by atoms with E-state index in [2.05, 4.69) is 0 Å². The van der Waals surface area contributed by atoms with Crippen LogP contribution in [-0.2, 0) is 17.8 Å². The second-order valence-electron chi connectivity index (χ2n) is 8.51. The lowest BCUT2D eigenvalue weighted by atomic mass is 10.1. The molecule has 4 aromatic rings. The average Bonchev–Trinajstić information content (AvgIpc) is 3.21. The first kappa shape index (κ1) is 22.1. The molecule has 174 valence electrons. The first-order valence-corrected chi connectivity index (χ1v) is 11.5. The van der Waals surface area contributed by atoms with Gasteiger partial charge in [-0.1, -0.05) is 42.5 Å². The molecule has 0 unspecified atom stereocenters. The number of rotatable bonds is 6. The summed E-state index contributed by atoms with van der Waals surface area (Å²) in [4.78, 5) is 21.5. The summed E-state index contributed by atoms with van der Waals surface area (Å²) in [5.74, 6) is 0.299. The second kappa shape index (κ2) is 9.63. The standard InChI is InChI=1S/C27H26F2N4O/c28-21-8-2-1-7-20(21)19-26-30-23-10-4-6-12-25(23)33(26)14-13-27(34)32-17-15-31(16-18-32)24-11-5-3-9-22(24)29/h1-12H,13-19H2. The summed E-state index contributed by atoms with van der Waals surface area (Å²) < 4.78 is 30.4. The molecule has 0 bridgehead atoms. The lowest BCUT2D eigenvalue weighted by molar-refractivity contribution is -0.131. The van der Waals surface area contributed by atoms with Crippen LogP contribution in [0.25, 0.3) is 11.0 Å². The molecule has 0 saturated carbocycles. The maximum Gasteiger partial charge on any atom is 0.224 e. The number of benzene rings is 3. The number of carbonyl (C=O) groups is 1. The van der Waals surface area contributed by atoms with E-state index in [1.165, 1.54) is 12.1 Å². The van der Waals surface area contributed by atoms with Crippen molar-refractivity contribution in [3.8, 4) is 0 Å². The molecule has 0 aliphatic carbocycles. The number of fused-ring (bicyclic) bond motifs is 1. The lowest BCUT2D eigenvalue weighted by Crippen LogP contribution is -2.49. The lowest BCUT2D eigenvalue weighted by Gasteiger charge is -2.36. The number of hydrogen-bond donors (Lipinski definition) is 0.